The van der Waals surface area contributed by atoms with Gasteiger partial charge in [-0.15, -0.1) is 0 Å². The van der Waals surface area contributed by atoms with Gasteiger partial charge in [-0.1, -0.05) is 30.3 Å². The van der Waals surface area contributed by atoms with Crippen LogP contribution < -0.4 is 16.4 Å². The van der Waals surface area contributed by atoms with Gasteiger partial charge in [0.2, 0.25) is 5.95 Å². The van der Waals surface area contributed by atoms with Crippen molar-refractivity contribution in [1.82, 2.24) is 9.97 Å². The average Bonchev–Trinajstić information content (AvgIpc) is 2.39. The summed E-state index contributed by atoms with van der Waals surface area (Å²) >= 11 is 0. The van der Waals surface area contributed by atoms with E-state index in [9.17, 15) is 0 Å². The van der Waals surface area contributed by atoms with E-state index in [4.69, 9.17) is 5.73 Å². The maximum atomic E-state index is 5.65. The first-order chi connectivity index (χ1) is 8.69. The van der Waals surface area contributed by atoms with Gasteiger partial charge < -0.3 is 16.4 Å². The van der Waals surface area contributed by atoms with Gasteiger partial charge in [-0.05, 0) is 12.5 Å². The van der Waals surface area contributed by atoms with E-state index in [1.807, 2.05) is 24.3 Å². The number of nitrogens with zero attached hydrogens (tertiary/aromatic N) is 2. The molecule has 1 heterocycles. The summed E-state index contributed by atoms with van der Waals surface area (Å²) in [4.78, 5) is 8.21. The van der Waals surface area contributed by atoms with Gasteiger partial charge in [0.05, 0.1) is 0 Å². The number of rotatable bonds is 4. The summed E-state index contributed by atoms with van der Waals surface area (Å²) in [6.07, 6.45) is 0. The zero-order valence-corrected chi connectivity index (χ0v) is 10.5. The Morgan fingerprint density at radius 2 is 1.78 bits per heavy atom. The maximum Gasteiger partial charge on any atom is 0.223 e. The molecule has 2 aromatic rings. The average molecular weight is 243 g/mol. The first-order valence-corrected chi connectivity index (χ1v) is 5.83. The number of nitrogens with two attached hydrogens (primary N) is 1. The Balaban J connectivity index is 2.16. The molecule has 0 fully saturated rings. The van der Waals surface area contributed by atoms with E-state index >= 15 is 0 Å². The van der Waals surface area contributed by atoms with E-state index in [-0.39, 0.29) is 12.0 Å². The van der Waals surface area contributed by atoms with Crippen LogP contribution in [-0.4, -0.2) is 17.0 Å². The minimum absolute atomic E-state index is 0.158. The summed E-state index contributed by atoms with van der Waals surface area (Å²) in [5.41, 5.74) is 6.84. The summed E-state index contributed by atoms with van der Waals surface area (Å²) in [7, 11) is 1.80. The third-order valence-corrected chi connectivity index (χ3v) is 2.66. The molecule has 5 nitrogen and oxygen atoms in total. The van der Waals surface area contributed by atoms with Crippen molar-refractivity contribution in [1.29, 1.82) is 0 Å². The van der Waals surface area contributed by atoms with Crippen LogP contribution in [0.4, 0.5) is 17.6 Å². The Morgan fingerprint density at radius 3 is 2.44 bits per heavy atom. The highest BCUT2D eigenvalue weighted by atomic mass is 15.1. The fraction of sp³-hybridized carbons (Fsp3) is 0.231. The molecule has 1 atom stereocenters. The predicted octanol–water partition coefficient (Wildman–Crippen LogP) is 2.27. The Labute approximate surface area is 106 Å². The van der Waals surface area contributed by atoms with Crippen molar-refractivity contribution in [2.24, 2.45) is 0 Å². The molecule has 0 radical (unpaired) electrons. The number of benzene rings is 1. The maximum absolute atomic E-state index is 5.65. The van der Waals surface area contributed by atoms with Crippen LogP contribution in [0.15, 0.2) is 36.4 Å². The van der Waals surface area contributed by atoms with Crippen molar-refractivity contribution in [3.63, 3.8) is 0 Å². The minimum Gasteiger partial charge on any atom is -0.373 e. The van der Waals surface area contributed by atoms with Crippen LogP contribution in [0.3, 0.4) is 0 Å². The first kappa shape index (κ1) is 12.2. The van der Waals surface area contributed by atoms with Crippen molar-refractivity contribution < 1.29 is 0 Å². The number of hydrogen-bond acceptors (Lipinski definition) is 5. The Morgan fingerprint density at radius 1 is 1.11 bits per heavy atom. The molecule has 1 aromatic heterocycles. The van der Waals surface area contributed by atoms with E-state index in [1.165, 1.54) is 5.56 Å². The van der Waals surface area contributed by atoms with Crippen LogP contribution in [0.1, 0.15) is 18.5 Å². The zero-order valence-electron chi connectivity index (χ0n) is 10.5. The number of nitrogen functional groups attached to an aromatic ring is 1. The van der Waals surface area contributed by atoms with Gasteiger partial charge >= 0.3 is 0 Å². The van der Waals surface area contributed by atoms with Gasteiger partial charge in [-0.3, -0.25) is 0 Å². The lowest BCUT2D eigenvalue weighted by molar-refractivity contribution is 0.873. The molecule has 18 heavy (non-hydrogen) atoms. The summed E-state index contributed by atoms with van der Waals surface area (Å²) in [6.45, 7) is 2.08. The smallest absolute Gasteiger partial charge is 0.223 e. The molecule has 94 valence electrons. The number of aromatic nitrogens is 2. The molecule has 4 N–H and O–H groups in total. The van der Waals surface area contributed by atoms with E-state index < -0.39 is 0 Å². The van der Waals surface area contributed by atoms with Crippen LogP contribution >= 0.6 is 0 Å². The quantitative estimate of drug-likeness (QED) is 0.768. The molecule has 0 bridgehead atoms. The molecule has 0 aliphatic rings. The molecule has 0 aliphatic carbocycles. The molecule has 0 saturated carbocycles. The molecular weight excluding hydrogens is 226 g/mol. The van der Waals surface area contributed by atoms with Crippen LogP contribution in [0.2, 0.25) is 0 Å². The van der Waals surface area contributed by atoms with Gasteiger partial charge in [0.25, 0.3) is 0 Å². The second-order valence-corrected chi connectivity index (χ2v) is 4.02. The van der Waals surface area contributed by atoms with Crippen molar-refractivity contribution in [2.45, 2.75) is 13.0 Å². The highest BCUT2D eigenvalue weighted by Gasteiger charge is 2.07. The van der Waals surface area contributed by atoms with Crippen LogP contribution in [0, 0.1) is 0 Å². The van der Waals surface area contributed by atoms with Gasteiger partial charge in [0, 0.05) is 19.2 Å². The summed E-state index contributed by atoms with van der Waals surface area (Å²) in [5.74, 6) is 1.66. The molecule has 0 spiro atoms. The van der Waals surface area contributed by atoms with Crippen molar-refractivity contribution in [3.8, 4) is 0 Å². The van der Waals surface area contributed by atoms with E-state index in [1.54, 1.807) is 7.05 Å². The van der Waals surface area contributed by atoms with E-state index in [0.717, 1.165) is 0 Å². The molecule has 2 rings (SSSR count). The lowest BCUT2D eigenvalue weighted by Crippen LogP contribution is -2.10. The van der Waals surface area contributed by atoms with Gasteiger partial charge in [-0.25, -0.2) is 0 Å². The third-order valence-electron chi connectivity index (χ3n) is 2.66. The third kappa shape index (κ3) is 2.88. The van der Waals surface area contributed by atoms with Gasteiger partial charge in [0.1, 0.15) is 11.6 Å². The van der Waals surface area contributed by atoms with Gasteiger partial charge in [0.15, 0.2) is 0 Å². The summed E-state index contributed by atoms with van der Waals surface area (Å²) in [5, 5.41) is 6.25. The Hall–Kier alpha value is -2.30. The second-order valence-electron chi connectivity index (χ2n) is 4.02. The number of nitrogens with one attached hydrogen (secondary N) is 2. The molecule has 0 aliphatic heterocycles. The molecular formula is C13H17N5. The van der Waals surface area contributed by atoms with Crippen LogP contribution in [-0.2, 0) is 0 Å². The highest BCUT2D eigenvalue weighted by molar-refractivity contribution is 5.51. The first-order valence-electron chi connectivity index (χ1n) is 5.83. The zero-order chi connectivity index (χ0) is 13.0. The molecule has 1 unspecified atom stereocenters. The summed E-state index contributed by atoms with van der Waals surface area (Å²) < 4.78 is 0. The second kappa shape index (κ2) is 5.35. The number of anilines is 3. The fourth-order valence-electron chi connectivity index (χ4n) is 1.71. The van der Waals surface area contributed by atoms with Crippen molar-refractivity contribution in [2.75, 3.05) is 23.4 Å². The van der Waals surface area contributed by atoms with Gasteiger partial charge in [-0.2, -0.15) is 9.97 Å². The normalized spacial score (nSPS) is 11.9. The molecule has 1 aromatic carbocycles. The molecule has 5 heteroatoms. The van der Waals surface area contributed by atoms with E-state index in [0.29, 0.717) is 11.6 Å². The Kier molecular flexibility index (Phi) is 3.62. The topological polar surface area (TPSA) is 75.9 Å². The fourth-order valence-corrected chi connectivity index (χ4v) is 1.71. The van der Waals surface area contributed by atoms with Crippen LogP contribution in [0.5, 0.6) is 0 Å². The summed E-state index contributed by atoms with van der Waals surface area (Å²) in [6, 6.07) is 12.2. The predicted molar refractivity (Wildman–Crippen MR) is 74.5 cm³/mol. The lowest BCUT2D eigenvalue weighted by atomic mass is 10.1. The van der Waals surface area contributed by atoms with Crippen LogP contribution in [0.25, 0.3) is 0 Å². The lowest BCUT2D eigenvalue weighted by Gasteiger charge is -2.15. The minimum atomic E-state index is 0.158. The number of hydrogen-bond donors (Lipinski definition) is 3. The molecule has 0 saturated heterocycles. The molecule has 0 amide bonds. The Bertz CT molecular complexity index is 512. The van der Waals surface area contributed by atoms with Crippen molar-refractivity contribution >= 4 is 17.6 Å². The largest absolute Gasteiger partial charge is 0.373 e. The highest BCUT2D eigenvalue weighted by Crippen LogP contribution is 2.19. The van der Waals surface area contributed by atoms with Crippen molar-refractivity contribution in [3.05, 3.63) is 42.0 Å². The monoisotopic (exact) mass is 243 g/mol. The SMILES string of the molecule is CNc1cc(NC(C)c2ccccc2)nc(N)n1. The van der Waals surface area contributed by atoms with E-state index in [2.05, 4.69) is 39.7 Å². The standard InChI is InChI=1S/C13H17N5/c1-9(10-6-4-3-5-7-10)16-12-8-11(15-2)17-13(14)18-12/h3-9H,1-2H3,(H4,14,15,16,17,18).